The topological polar surface area (TPSA) is 24.9 Å². The monoisotopic (exact) mass is 637 g/mol. The Labute approximate surface area is 285 Å². The standard InChI is InChI=1S/C42H72N2O2/c1-5-9-13-15-31-43(29-11-7-3)33-17-19-35-45-37-39-21-25-41(26-22-39)42-27-23-40(24-28-42)38-46-36-20-18-34-44(30-12-8-4)32-16-14-10-6-2/h21-28H,5-20,29-38H2,1-4H3. The highest BCUT2D eigenvalue weighted by atomic mass is 16.5. The van der Waals surface area contributed by atoms with E-state index in [1.54, 1.807) is 0 Å². The van der Waals surface area contributed by atoms with Crippen molar-refractivity contribution in [3.05, 3.63) is 59.7 Å². The molecule has 0 aliphatic heterocycles. The van der Waals surface area contributed by atoms with Crippen molar-refractivity contribution >= 4 is 0 Å². The first-order chi connectivity index (χ1) is 22.7. The van der Waals surface area contributed by atoms with Crippen molar-refractivity contribution in [3.8, 4) is 11.1 Å². The number of benzene rings is 2. The van der Waals surface area contributed by atoms with Crippen molar-refractivity contribution in [1.82, 2.24) is 9.80 Å². The molecular formula is C42H72N2O2. The van der Waals surface area contributed by atoms with Gasteiger partial charge in [-0.2, -0.15) is 0 Å². The maximum absolute atomic E-state index is 6.03. The molecule has 0 N–H and O–H groups in total. The van der Waals surface area contributed by atoms with Gasteiger partial charge in [-0.05, 0) is 113 Å². The highest BCUT2D eigenvalue weighted by Crippen LogP contribution is 2.21. The van der Waals surface area contributed by atoms with Crippen LogP contribution in [0, 0.1) is 0 Å². The summed E-state index contributed by atoms with van der Waals surface area (Å²) in [5, 5.41) is 0. The molecule has 0 aliphatic rings. The molecule has 0 saturated carbocycles. The summed E-state index contributed by atoms with van der Waals surface area (Å²) in [6, 6.07) is 17.7. The Kier molecular flexibility index (Phi) is 24.9. The Morgan fingerprint density at radius 2 is 0.696 bits per heavy atom. The third-order valence-electron chi connectivity index (χ3n) is 9.12. The van der Waals surface area contributed by atoms with E-state index in [1.807, 2.05) is 0 Å². The van der Waals surface area contributed by atoms with Crippen LogP contribution in [0.2, 0.25) is 0 Å². The van der Waals surface area contributed by atoms with Crippen molar-refractivity contribution in [2.45, 2.75) is 144 Å². The Morgan fingerprint density at radius 3 is 1.04 bits per heavy atom. The third-order valence-corrected chi connectivity index (χ3v) is 9.12. The highest BCUT2D eigenvalue weighted by Gasteiger charge is 2.06. The summed E-state index contributed by atoms with van der Waals surface area (Å²) in [7, 11) is 0. The van der Waals surface area contributed by atoms with Gasteiger partial charge in [-0.3, -0.25) is 0 Å². The zero-order valence-corrected chi connectivity index (χ0v) is 30.7. The van der Waals surface area contributed by atoms with Crippen LogP contribution in [0.4, 0.5) is 0 Å². The van der Waals surface area contributed by atoms with Crippen molar-refractivity contribution in [1.29, 1.82) is 0 Å². The number of hydrogen-bond acceptors (Lipinski definition) is 4. The van der Waals surface area contributed by atoms with Gasteiger partial charge in [0.15, 0.2) is 0 Å². The van der Waals surface area contributed by atoms with Crippen LogP contribution < -0.4 is 0 Å². The Hall–Kier alpha value is -1.72. The molecule has 0 spiro atoms. The molecule has 0 heterocycles. The van der Waals surface area contributed by atoms with Gasteiger partial charge in [0, 0.05) is 13.2 Å². The van der Waals surface area contributed by atoms with Crippen molar-refractivity contribution < 1.29 is 9.47 Å². The minimum absolute atomic E-state index is 0.697. The Morgan fingerprint density at radius 1 is 0.370 bits per heavy atom. The zero-order chi connectivity index (χ0) is 32.9. The number of ether oxygens (including phenoxy) is 2. The summed E-state index contributed by atoms with van der Waals surface area (Å²) < 4.78 is 12.1. The molecule has 0 atom stereocenters. The predicted molar refractivity (Wildman–Crippen MR) is 201 cm³/mol. The number of nitrogens with zero attached hydrogens (tertiary/aromatic N) is 2. The van der Waals surface area contributed by atoms with Crippen LogP contribution in [0.5, 0.6) is 0 Å². The van der Waals surface area contributed by atoms with Crippen molar-refractivity contribution in [3.63, 3.8) is 0 Å². The maximum Gasteiger partial charge on any atom is 0.0716 e. The van der Waals surface area contributed by atoms with Crippen LogP contribution in [0.15, 0.2) is 48.5 Å². The maximum atomic E-state index is 6.03. The van der Waals surface area contributed by atoms with E-state index in [-0.39, 0.29) is 0 Å². The average molecular weight is 637 g/mol. The normalized spacial score (nSPS) is 11.7. The minimum Gasteiger partial charge on any atom is -0.377 e. The van der Waals surface area contributed by atoms with Crippen molar-refractivity contribution in [2.75, 3.05) is 52.5 Å². The van der Waals surface area contributed by atoms with Crippen LogP contribution in [0.25, 0.3) is 11.1 Å². The largest absolute Gasteiger partial charge is 0.377 e. The van der Waals surface area contributed by atoms with Gasteiger partial charge in [0.05, 0.1) is 13.2 Å². The zero-order valence-electron chi connectivity index (χ0n) is 30.7. The lowest BCUT2D eigenvalue weighted by Crippen LogP contribution is -2.27. The summed E-state index contributed by atoms with van der Waals surface area (Å²) in [4.78, 5) is 5.36. The molecule has 262 valence electrons. The number of rotatable bonds is 31. The lowest BCUT2D eigenvalue weighted by molar-refractivity contribution is 0.114. The van der Waals surface area contributed by atoms with Gasteiger partial charge < -0.3 is 19.3 Å². The fourth-order valence-electron chi connectivity index (χ4n) is 6.00. The van der Waals surface area contributed by atoms with E-state index in [2.05, 4.69) is 86.0 Å². The highest BCUT2D eigenvalue weighted by molar-refractivity contribution is 5.63. The molecule has 46 heavy (non-hydrogen) atoms. The molecule has 0 aliphatic carbocycles. The van der Waals surface area contributed by atoms with Gasteiger partial charge in [0.1, 0.15) is 0 Å². The fraction of sp³-hybridized carbons (Fsp3) is 0.714. The lowest BCUT2D eigenvalue weighted by Gasteiger charge is -2.22. The molecular weight excluding hydrogens is 564 g/mol. The second-order valence-electron chi connectivity index (χ2n) is 13.4. The molecule has 0 amide bonds. The minimum atomic E-state index is 0.697. The first-order valence-corrected chi connectivity index (χ1v) is 19.5. The molecule has 0 aromatic heterocycles. The molecule has 2 rings (SSSR count). The van der Waals surface area contributed by atoms with Gasteiger partial charge in [-0.1, -0.05) is 128 Å². The van der Waals surface area contributed by atoms with E-state index < -0.39 is 0 Å². The van der Waals surface area contributed by atoms with E-state index >= 15 is 0 Å². The molecule has 0 radical (unpaired) electrons. The first-order valence-electron chi connectivity index (χ1n) is 19.5. The van der Waals surface area contributed by atoms with Gasteiger partial charge in [-0.25, -0.2) is 0 Å². The number of unbranched alkanes of at least 4 members (excludes halogenated alkanes) is 10. The second-order valence-corrected chi connectivity index (χ2v) is 13.4. The SMILES string of the molecule is CCCCCCN(CCCC)CCCCOCc1ccc(-c2ccc(COCCCCN(CCCC)CCCCCC)cc2)cc1. The van der Waals surface area contributed by atoms with E-state index in [1.165, 1.54) is 151 Å². The van der Waals surface area contributed by atoms with Crippen molar-refractivity contribution in [2.24, 2.45) is 0 Å². The summed E-state index contributed by atoms with van der Waals surface area (Å²) in [6.45, 7) is 19.7. The summed E-state index contributed by atoms with van der Waals surface area (Å²) >= 11 is 0. The quantitative estimate of drug-likeness (QED) is 0.0769. The van der Waals surface area contributed by atoms with Crippen LogP contribution >= 0.6 is 0 Å². The molecule has 4 heteroatoms. The first kappa shape index (κ1) is 40.5. The van der Waals surface area contributed by atoms with Crippen LogP contribution in [0.1, 0.15) is 142 Å². The molecule has 0 fully saturated rings. The lowest BCUT2D eigenvalue weighted by atomic mass is 10.0. The molecule has 2 aromatic carbocycles. The average Bonchev–Trinajstić information content (AvgIpc) is 3.09. The van der Waals surface area contributed by atoms with Crippen LogP contribution in [0.3, 0.4) is 0 Å². The predicted octanol–water partition coefficient (Wildman–Crippen LogP) is 11.3. The molecule has 0 bridgehead atoms. The summed E-state index contributed by atoms with van der Waals surface area (Å²) in [6.07, 6.45) is 20.8. The van der Waals surface area contributed by atoms with Gasteiger partial charge in [0.25, 0.3) is 0 Å². The Balaban J connectivity index is 1.60. The van der Waals surface area contributed by atoms with E-state index in [9.17, 15) is 0 Å². The van der Waals surface area contributed by atoms with Crippen LogP contribution in [-0.4, -0.2) is 62.3 Å². The fourth-order valence-corrected chi connectivity index (χ4v) is 6.00. The van der Waals surface area contributed by atoms with E-state index in [4.69, 9.17) is 9.47 Å². The van der Waals surface area contributed by atoms with Gasteiger partial charge >= 0.3 is 0 Å². The molecule has 0 unspecified atom stereocenters. The Bertz CT molecular complexity index is 852. The molecule has 4 nitrogen and oxygen atoms in total. The van der Waals surface area contributed by atoms with Gasteiger partial charge in [-0.15, -0.1) is 0 Å². The summed E-state index contributed by atoms with van der Waals surface area (Å²) in [5.74, 6) is 0. The molecule has 2 aromatic rings. The number of hydrogen-bond donors (Lipinski definition) is 0. The third kappa shape index (κ3) is 19.8. The summed E-state index contributed by atoms with van der Waals surface area (Å²) in [5.41, 5.74) is 5.01. The second kappa shape index (κ2) is 28.3. The molecule has 0 saturated heterocycles. The van der Waals surface area contributed by atoms with E-state index in [0.29, 0.717) is 13.2 Å². The smallest absolute Gasteiger partial charge is 0.0716 e. The van der Waals surface area contributed by atoms with Crippen LogP contribution in [-0.2, 0) is 22.7 Å². The van der Waals surface area contributed by atoms with E-state index in [0.717, 1.165) is 26.1 Å². The van der Waals surface area contributed by atoms with Gasteiger partial charge in [0.2, 0.25) is 0 Å².